The van der Waals surface area contributed by atoms with Crippen molar-refractivity contribution < 1.29 is 4.79 Å². The summed E-state index contributed by atoms with van der Waals surface area (Å²) in [5.41, 5.74) is 3.01. The van der Waals surface area contributed by atoms with E-state index in [1.165, 1.54) is 11.3 Å². The van der Waals surface area contributed by atoms with Crippen molar-refractivity contribution >= 4 is 39.0 Å². The second kappa shape index (κ2) is 6.45. The van der Waals surface area contributed by atoms with E-state index in [-0.39, 0.29) is 5.78 Å². The lowest BCUT2D eigenvalue weighted by atomic mass is 10.0. The molecule has 4 aromatic rings. The lowest BCUT2D eigenvalue weighted by Gasteiger charge is -2.03. The number of hydrogen-bond donors (Lipinski definition) is 0. The lowest BCUT2D eigenvalue weighted by molar-refractivity contribution is 0.105. The van der Waals surface area contributed by atoms with Gasteiger partial charge >= 0.3 is 0 Å². The number of benzene rings is 2. The predicted molar refractivity (Wildman–Crippen MR) is 101 cm³/mol. The number of nitrogens with zero attached hydrogens (tertiary/aromatic N) is 3. The molecule has 2 aromatic carbocycles. The van der Waals surface area contributed by atoms with E-state index in [9.17, 15) is 4.79 Å². The molecule has 0 saturated heterocycles. The molecular formula is C20H15N3OS. The van der Waals surface area contributed by atoms with E-state index < -0.39 is 0 Å². The van der Waals surface area contributed by atoms with Gasteiger partial charge in [-0.25, -0.2) is 4.98 Å². The highest BCUT2D eigenvalue weighted by molar-refractivity contribution is 7.20. The molecule has 2 heterocycles. The molecule has 0 fully saturated rings. The smallest absolute Gasteiger partial charge is 0.196 e. The van der Waals surface area contributed by atoms with Gasteiger partial charge in [0, 0.05) is 24.4 Å². The van der Waals surface area contributed by atoms with Crippen molar-refractivity contribution in [3.8, 4) is 0 Å². The van der Waals surface area contributed by atoms with Gasteiger partial charge in [-0.3, -0.25) is 9.48 Å². The standard InChI is InChI=1S/C20H15N3OS/c1-23-13-14(12-21-23)11-16(19(24)15-7-3-2-4-8-15)20-22-17-9-5-6-10-18(17)25-20/h2-13H,1H3/b16-11-. The van der Waals surface area contributed by atoms with E-state index in [1.54, 1.807) is 10.9 Å². The van der Waals surface area contributed by atoms with Gasteiger partial charge in [0.15, 0.2) is 5.78 Å². The van der Waals surface area contributed by atoms with Crippen LogP contribution in [0, 0.1) is 0 Å². The Hall–Kier alpha value is -3.05. The van der Waals surface area contributed by atoms with Gasteiger partial charge in [-0.2, -0.15) is 5.10 Å². The third kappa shape index (κ3) is 3.14. The fourth-order valence-electron chi connectivity index (χ4n) is 2.64. The molecule has 122 valence electrons. The summed E-state index contributed by atoms with van der Waals surface area (Å²) >= 11 is 1.53. The SMILES string of the molecule is Cn1cc(/C=C(/C(=O)c2ccccc2)c2nc3ccccc3s2)cn1. The second-order valence-corrected chi connectivity index (χ2v) is 6.72. The zero-order chi connectivity index (χ0) is 17.2. The Morgan fingerprint density at radius 1 is 1.08 bits per heavy atom. The maximum Gasteiger partial charge on any atom is 0.196 e. The average Bonchev–Trinajstić information content (AvgIpc) is 3.25. The third-order valence-electron chi connectivity index (χ3n) is 3.84. The molecule has 4 nitrogen and oxygen atoms in total. The van der Waals surface area contributed by atoms with Crippen molar-refractivity contribution in [2.24, 2.45) is 7.05 Å². The third-order valence-corrected chi connectivity index (χ3v) is 4.91. The molecule has 2 aromatic heterocycles. The first-order valence-corrected chi connectivity index (χ1v) is 8.68. The first-order chi connectivity index (χ1) is 12.2. The van der Waals surface area contributed by atoms with Gasteiger partial charge in [-0.1, -0.05) is 42.5 Å². The molecule has 0 radical (unpaired) electrons. The Morgan fingerprint density at radius 3 is 2.56 bits per heavy atom. The van der Waals surface area contributed by atoms with Crippen LogP contribution in [0.15, 0.2) is 67.0 Å². The first kappa shape index (κ1) is 15.5. The topological polar surface area (TPSA) is 47.8 Å². The number of aryl methyl sites for hydroxylation is 1. The van der Waals surface area contributed by atoms with Crippen LogP contribution in [0.25, 0.3) is 21.9 Å². The molecule has 5 heteroatoms. The summed E-state index contributed by atoms with van der Waals surface area (Å²) in [6.07, 6.45) is 5.48. The fourth-order valence-corrected chi connectivity index (χ4v) is 3.62. The zero-order valence-electron chi connectivity index (χ0n) is 13.6. The number of para-hydroxylation sites is 1. The second-order valence-electron chi connectivity index (χ2n) is 5.69. The van der Waals surface area contributed by atoms with E-state index >= 15 is 0 Å². The van der Waals surface area contributed by atoms with Crippen molar-refractivity contribution in [3.05, 3.63) is 83.1 Å². The zero-order valence-corrected chi connectivity index (χ0v) is 14.4. The van der Waals surface area contributed by atoms with Gasteiger partial charge in [0.1, 0.15) is 5.01 Å². The molecule has 25 heavy (non-hydrogen) atoms. The molecule has 4 rings (SSSR count). The highest BCUT2D eigenvalue weighted by Crippen LogP contribution is 2.30. The van der Waals surface area contributed by atoms with Crippen LogP contribution in [0.1, 0.15) is 20.9 Å². The molecule has 0 N–H and O–H groups in total. The number of hydrogen-bond acceptors (Lipinski definition) is 4. The Kier molecular flexibility index (Phi) is 3.99. The minimum atomic E-state index is -0.0384. The molecule has 0 aliphatic rings. The first-order valence-electron chi connectivity index (χ1n) is 7.87. The summed E-state index contributed by atoms with van der Waals surface area (Å²) in [7, 11) is 1.85. The molecule has 0 spiro atoms. The number of ketones is 1. The van der Waals surface area contributed by atoms with E-state index in [0.717, 1.165) is 20.8 Å². The van der Waals surface area contributed by atoms with Crippen molar-refractivity contribution in [1.82, 2.24) is 14.8 Å². The van der Waals surface area contributed by atoms with Crippen LogP contribution in [0.5, 0.6) is 0 Å². The molecule has 0 saturated carbocycles. The number of carbonyl (C=O) groups is 1. The van der Waals surface area contributed by atoms with Crippen LogP contribution in [0.2, 0.25) is 0 Å². The predicted octanol–water partition coefficient (Wildman–Crippen LogP) is 4.45. The summed E-state index contributed by atoms with van der Waals surface area (Å²) in [4.78, 5) is 17.8. The summed E-state index contributed by atoms with van der Waals surface area (Å²) in [5, 5.41) is 4.90. The minimum Gasteiger partial charge on any atom is -0.288 e. The Labute approximate surface area is 149 Å². The molecule has 0 bridgehead atoms. The van der Waals surface area contributed by atoms with Crippen LogP contribution < -0.4 is 0 Å². The maximum absolute atomic E-state index is 13.1. The number of Topliss-reactive ketones (excluding diaryl/α,β-unsaturated/α-hetero) is 1. The summed E-state index contributed by atoms with van der Waals surface area (Å²) in [6, 6.07) is 17.2. The van der Waals surface area contributed by atoms with Gasteiger partial charge in [-0.15, -0.1) is 11.3 Å². The maximum atomic E-state index is 13.1. The normalized spacial score (nSPS) is 11.8. The monoisotopic (exact) mass is 345 g/mol. The molecule has 0 aliphatic carbocycles. The Bertz CT molecular complexity index is 1040. The van der Waals surface area contributed by atoms with Crippen molar-refractivity contribution in [1.29, 1.82) is 0 Å². The van der Waals surface area contributed by atoms with E-state index in [0.29, 0.717) is 11.1 Å². The van der Waals surface area contributed by atoms with Gasteiger partial charge in [0.05, 0.1) is 22.0 Å². The number of aromatic nitrogens is 3. The minimum absolute atomic E-state index is 0.0384. The average molecular weight is 345 g/mol. The number of thiazole rings is 1. The van der Waals surface area contributed by atoms with Gasteiger partial charge in [0.2, 0.25) is 0 Å². The van der Waals surface area contributed by atoms with Crippen LogP contribution in [-0.2, 0) is 7.05 Å². The number of rotatable bonds is 4. The van der Waals surface area contributed by atoms with E-state index in [1.807, 2.05) is 73.9 Å². The van der Waals surface area contributed by atoms with E-state index in [2.05, 4.69) is 10.1 Å². The number of fused-ring (bicyclic) bond motifs is 1. The molecule has 0 aliphatic heterocycles. The van der Waals surface area contributed by atoms with Gasteiger partial charge < -0.3 is 0 Å². The summed E-state index contributed by atoms with van der Waals surface area (Å²) in [6.45, 7) is 0. The molecule has 0 amide bonds. The highest BCUT2D eigenvalue weighted by atomic mass is 32.1. The van der Waals surface area contributed by atoms with Crippen LogP contribution in [0.4, 0.5) is 0 Å². The summed E-state index contributed by atoms with van der Waals surface area (Å²) in [5.74, 6) is -0.0384. The van der Waals surface area contributed by atoms with Crippen LogP contribution in [-0.4, -0.2) is 20.5 Å². The summed E-state index contributed by atoms with van der Waals surface area (Å²) < 4.78 is 2.78. The largest absolute Gasteiger partial charge is 0.288 e. The number of allylic oxidation sites excluding steroid dienone is 1. The lowest BCUT2D eigenvalue weighted by Crippen LogP contribution is -2.02. The fraction of sp³-hybridized carbons (Fsp3) is 0.0500. The van der Waals surface area contributed by atoms with Gasteiger partial charge in [0.25, 0.3) is 0 Å². The quantitative estimate of drug-likeness (QED) is 0.405. The molecular weight excluding hydrogens is 330 g/mol. The molecule has 0 unspecified atom stereocenters. The van der Waals surface area contributed by atoms with Gasteiger partial charge in [-0.05, 0) is 18.2 Å². The van der Waals surface area contributed by atoms with Crippen LogP contribution in [0.3, 0.4) is 0 Å². The Morgan fingerprint density at radius 2 is 1.84 bits per heavy atom. The van der Waals surface area contributed by atoms with E-state index in [4.69, 9.17) is 0 Å². The highest BCUT2D eigenvalue weighted by Gasteiger charge is 2.18. The van der Waals surface area contributed by atoms with Crippen molar-refractivity contribution in [3.63, 3.8) is 0 Å². The molecule has 0 atom stereocenters. The number of carbonyl (C=O) groups excluding carboxylic acids is 1. The Balaban J connectivity index is 1.86. The van der Waals surface area contributed by atoms with Crippen molar-refractivity contribution in [2.45, 2.75) is 0 Å². The van der Waals surface area contributed by atoms with Crippen LogP contribution >= 0.6 is 11.3 Å². The van der Waals surface area contributed by atoms with Crippen molar-refractivity contribution in [2.75, 3.05) is 0 Å².